The summed E-state index contributed by atoms with van der Waals surface area (Å²) in [5.74, 6) is 1.54. The Hall–Kier alpha value is -2.01. The van der Waals surface area contributed by atoms with Crippen LogP contribution in [-0.4, -0.2) is 18.0 Å². The van der Waals surface area contributed by atoms with Gasteiger partial charge in [0.15, 0.2) is 0 Å². The molecule has 0 spiro atoms. The zero-order valence-electron chi connectivity index (χ0n) is 11.4. The number of pyridine rings is 1. The van der Waals surface area contributed by atoms with E-state index in [1.165, 1.54) is 12.5 Å². The fraction of sp³-hybridized carbons (Fsp3) is 0.200. The molecule has 2 rings (SSSR count). The highest BCUT2D eigenvalue weighted by Crippen LogP contribution is 2.28. The number of hydrogen-bond acceptors (Lipinski definition) is 4. The van der Waals surface area contributed by atoms with Crippen LogP contribution in [0.4, 0.5) is 5.69 Å². The highest BCUT2D eigenvalue weighted by atomic mass is 32.2. The Morgan fingerprint density at radius 1 is 1.30 bits per heavy atom. The van der Waals surface area contributed by atoms with Crippen molar-refractivity contribution in [1.82, 2.24) is 4.98 Å². The van der Waals surface area contributed by atoms with E-state index in [0.29, 0.717) is 0 Å². The average Bonchev–Trinajstić information content (AvgIpc) is 2.46. The van der Waals surface area contributed by atoms with E-state index in [9.17, 15) is 4.79 Å². The number of carbonyl (C=O) groups excluding carboxylic acids is 1. The second-order valence-corrected chi connectivity index (χ2v) is 5.14. The minimum atomic E-state index is -0.0932. The summed E-state index contributed by atoms with van der Waals surface area (Å²) in [5, 5.41) is 3.60. The third kappa shape index (κ3) is 3.99. The van der Waals surface area contributed by atoms with Crippen LogP contribution in [0.5, 0.6) is 5.75 Å². The zero-order chi connectivity index (χ0) is 14.4. The van der Waals surface area contributed by atoms with Gasteiger partial charge in [0.1, 0.15) is 10.8 Å². The number of nitrogens with zero attached hydrogens (tertiary/aromatic N) is 1. The maximum atomic E-state index is 11.1. The van der Waals surface area contributed by atoms with Crippen molar-refractivity contribution in [3.8, 4) is 5.75 Å². The van der Waals surface area contributed by atoms with E-state index in [-0.39, 0.29) is 5.91 Å². The Morgan fingerprint density at radius 2 is 2.05 bits per heavy atom. The summed E-state index contributed by atoms with van der Waals surface area (Å²) in [6, 6.07) is 11.6. The largest absolute Gasteiger partial charge is 0.497 e. The quantitative estimate of drug-likeness (QED) is 0.857. The van der Waals surface area contributed by atoms with E-state index in [4.69, 9.17) is 4.74 Å². The normalized spacial score (nSPS) is 10.1. The number of ether oxygens (including phenoxy) is 1. The van der Waals surface area contributed by atoms with E-state index < -0.39 is 0 Å². The van der Waals surface area contributed by atoms with Gasteiger partial charge in [-0.1, -0.05) is 23.9 Å². The molecule has 0 aliphatic heterocycles. The minimum Gasteiger partial charge on any atom is -0.497 e. The number of carbonyl (C=O) groups is 1. The molecule has 0 saturated heterocycles. The highest BCUT2D eigenvalue weighted by molar-refractivity contribution is 7.98. The van der Waals surface area contributed by atoms with Crippen LogP contribution in [0.3, 0.4) is 0 Å². The van der Waals surface area contributed by atoms with Gasteiger partial charge in [0.25, 0.3) is 0 Å². The summed E-state index contributed by atoms with van der Waals surface area (Å²) >= 11 is 1.59. The molecule has 0 fully saturated rings. The van der Waals surface area contributed by atoms with Gasteiger partial charge >= 0.3 is 0 Å². The Bertz CT molecular complexity index is 585. The molecule has 1 heterocycles. The number of nitrogens with one attached hydrogen (secondary N) is 1. The highest BCUT2D eigenvalue weighted by Gasteiger charge is 2.06. The number of hydrogen-bond donors (Lipinski definition) is 1. The van der Waals surface area contributed by atoms with E-state index in [1.54, 1.807) is 25.1 Å². The van der Waals surface area contributed by atoms with Crippen LogP contribution in [0.2, 0.25) is 0 Å². The third-order valence-electron chi connectivity index (χ3n) is 2.62. The van der Waals surface area contributed by atoms with Crippen molar-refractivity contribution in [2.45, 2.75) is 17.7 Å². The molecule has 0 aliphatic rings. The summed E-state index contributed by atoms with van der Waals surface area (Å²) in [6.07, 6.45) is 1.72. The number of thioether (sulfide) groups is 1. The van der Waals surface area contributed by atoms with Crippen LogP contribution in [0.25, 0.3) is 0 Å². The first kappa shape index (κ1) is 14.4. The molecular weight excluding hydrogens is 272 g/mol. The first-order valence-corrected chi connectivity index (χ1v) is 7.16. The lowest BCUT2D eigenvalue weighted by atomic mass is 10.2. The van der Waals surface area contributed by atoms with Crippen molar-refractivity contribution in [2.75, 3.05) is 12.4 Å². The SMILES string of the molecule is COc1ccc(CSc2ncccc2NC(C)=O)cc1. The second kappa shape index (κ2) is 6.96. The average molecular weight is 288 g/mol. The minimum absolute atomic E-state index is 0.0932. The van der Waals surface area contributed by atoms with E-state index in [1.807, 2.05) is 36.4 Å². The predicted octanol–water partition coefficient (Wildman–Crippen LogP) is 3.34. The van der Waals surface area contributed by atoms with Crippen molar-refractivity contribution in [3.63, 3.8) is 0 Å². The van der Waals surface area contributed by atoms with Gasteiger partial charge in [0, 0.05) is 18.9 Å². The Morgan fingerprint density at radius 3 is 2.70 bits per heavy atom. The standard InChI is InChI=1S/C15H16N2O2S/c1-11(18)17-14-4-3-9-16-15(14)20-10-12-5-7-13(19-2)8-6-12/h3-9H,10H2,1-2H3,(H,17,18). The van der Waals surface area contributed by atoms with Crippen molar-refractivity contribution in [1.29, 1.82) is 0 Å². The van der Waals surface area contributed by atoms with E-state index in [2.05, 4.69) is 10.3 Å². The Labute approximate surface area is 122 Å². The molecule has 1 amide bonds. The predicted molar refractivity (Wildman–Crippen MR) is 81.1 cm³/mol. The van der Waals surface area contributed by atoms with Crippen molar-refractivity contribution < 1.29 is 9.53 Å². The fourth-order valence-electron chi connectivity index (χ4n) is 1.66. The van der Waals surface area contributed by atoms with Gasteiger partial charge in [-0.25, -0.2) is 4.98 Å². The molecule has 1 N–H and O–H groups in total. The molecule has 0 atom stereocenters. The Kier molecular flexibility index (Phi) is 5.01. The van der Waals surface area contributed by atoms with Gasteiger partial charge in [0.05, 0.1) is 12.8 Å². The lowest BCUT2D eigenvalue weighted by Gasteiger charge is -2.08. The van der Waals surface area contributed by atoms with Crippen LogP contribution in [0.1, 0.15) is 12.5 Å². The monoisotopic (exact) mass is 288 g/mol. The van der Waals surface area contributed by atoms with Gasteiger partial charge in [-0.3, -0.25) is 4.79 Å². The topological polar surface area (TPSA) is 51.2 Å². The first-order chi connectivity index (χ1) is 9.69. The fourth-order valence-corrected chi connectivity index (χ4v) is 2.57. The molecule has 0 saturated carbocycles. The van der Waals surface area contributed by atoms with E-state index in [0.717, 1.165) is 22.2 Å². The maximum absolute atomic E-state index is 11.1. The van der Waals surface area contributed by atoms with Crippen LogP contribution in [-0.2, 0) is 10.5 Å². The number of amides is 1. The van der Waals surface area contributed by atoms with E-state index >= 15 is 0 Å². The molecule has 1 aromatic heterocycles. The maximum Gasteiger partial charge on any atom is 0.221 e. The first-order valence-electron chi connectivity index (χ1n) is 6.17. The summed E-state index contributed by atoms with van der Waals surface area (Å²) in [6.45, 7) is 1.49. The zero-order valence-corrected chi connectivity index (χ0v) is 12.2. The van der Waals surface area contributed by atoms with Gasteiger partial charge < -0.3 is 10.1 Å². The molecule has 2 aromatic rings. The molecule has 20 heavy (non-hydrogen) atoms. The molecule has 0 unspecified atom stereocenters. The Balaban J connectivity index is 2.04. The summed E-state index contributed by atoms with van der Waals surface area (Å²) < 4.78 is 5.13. The van der Waals surface area contributed by atoms with Gasteiger partial charge in [0.2, 0.25) is 5.91 Å². The smallest absolute Gasteiger partial charge is 0.221 e. The van der Waals surface area contributed by atoms with Gasteiger partial charge in [-0.2, -0.15) is 0 Å². The third-order valence-corrected chi connectivity index (χ3v) is 3.69. The van der Waals surface area contributed by atoms with Gasteiger partial charge in [-0.05, 0) is 29.8 Å². The number of benzene rings is 1. The molecule has 0 radical (unpaired) electrons. The van der Waals surface area contributed by atoms with Crippen molar-refractivity contribution in [2.24, 2.45) is 0 Å². The van der Waals surface area contributed by atoms with Crippen LogP contribution < -0.4 is 10.1 Å². The summed E-state index contributed by atoms with van der Waals surface area (Å²) in [5.41, 5.74) is 1.92. The number of anilines is 1. The summed E-state index contributed by atoms with van der Waals surface area (Å²) in [4.78, 5) is 15.5. The van der Waals surface area contributed by atoms with Crippen LogP contribution >= 0.6 is 11.8 Å². The van der Waals surface area contributed by atoms with Gasteiger partial charge in [-0.15, -0.1) is 0 Å². The molecule has 0 bridgehead atoms. The number of methoxy groups -OCH3 is 1. The molecule has 1 aromatic carbocycles. The molecule has 0 aliphatic carbocycles. The molecular formula is C15H16N2O2S. The van der Waals surface area contributed by atoms with Crippen molar-refractivity contribution in [3.05, 3.63) is 48.2 Å². The number of aromatic nitrogens is 1. The molecule has 5 heteroatoms. The summed E-state index contributed by atoms with van der Waals surface area (Å²) in [7, 11) is 1.65. The van der Waals surface area contributed by atoms with Crippen molar-refractivity contribution >= 4 is 23.4 Å². The lowest BCUT2D eigenvalue weighted by molar-refractivity contribution is -0.114. The van der Waals surface area contributed by atoms with Crippen LogP contribution in [0, 0.1) is 0 Å². The lowest BCUT2D eigenvalue weighted by Crippen LogP contribution is -2.07. The number of rotatable bonds is 5. The molecule has 104 valence electrons. The molecule has 4 nitrogen and oxygen atoms in total. The van der Waals surface area contributed by atoms with Crippen LogP contribution in [0.15, 0.2) is 47.6 Å². The second-order valence-electron chi connectivity index (χ2n) is 4.17.